The Kier molecular flexibility index (Phi) is 8.33. The Bertz CT molecular complexity index is 1740. The van der Waals surface area contributed by atoms with Crippen molar-refractivity contribution in [2.24, 2.45) is 0 Å². The minimum absolute atomic E-state index is 0.142. The molecule has 0 atom stereocenters. The number of likely N-dealkylation sites (N-methyl/N-ethyl adjacent to an activating group) is 2. The van der Waals surface area contributed by atoms with E-state index >= 15 is 0 Å². The van der Waals surface area contributed by atoms with Crippen LogP contribution >= 0.6 is 34.9 Å². The zero-order chi connectivity index (χ0) is 29.9. The van der Waals surface area contributed by atoms with Crippen LogP contribution in [0.15, 0.2) is 108 Å². The van der Waals surface area contributed by atoms with Crippen LogP contribution in [-0.4, -0.2) is 39.8 Å². The summed E-state index contributed by atoms with van der Waals surface area (Å²) in [5.74, 6) is 0.919. The van der Waals surface area contributed by atoms with E-state index in [9.17, 15) is 9.59 Å². The highest BCUT2D eigenvalue weighted by molar-refractivity contribution is 7.80. The molecule has 8 heteroatoms. The predicted octanol–water partition coefficient (Wildman–Crippen LogP) is 8.35. The molecule has 0 N–H and O–H groups in total. The van der Waals surface area contributed by atoms with E-state index in [2.05, 4.69) is 30.4 Å². The third kappa shape index (κ3) is 5.95. The fourth-order valence-electron chi connectivity index (χ4n) is 4.91. The normalized spacial score (nSPS) is 15.3. The molecule has 2 aromatic heterocycles. The van der Waals surface area contributed by atoms with Crippen LogP contribution in [-0.2, 0) is 14.3 Å². The van der Waals surface area contributed by atoms with Gasteiger partial charge in [0.05, 0.1) is 0 Å². The van der Waals surface area contributed by atoms with Crippen molar-refractivity contribution in [2.45, 2.75) is 13.8 Å². The van der Waals surface area contributed by atoms with E-state index in [1.165, 1.54) is 9.80 Å². The molecule has 0 radical (unpaired) electrons. The molecule has 2 aliphatic rings. The largest absolute Gasteiger partial charge is 0.456 e. The van der Waals surface area contributed by atoms with E-state index in [-0.39, 0.29) is 22.5 Å². The number of hydrogen-bond acceptors (Lipinski definition) is 6. The monoisotopic (exact) mass is 620 g/mol. The standard InChI is InChI=1S/C35H28N2O3S3/c1-3-36-33(38)28(34(39)37(4-2)35(36)41)22-27-16-18-32(43-27)31-17-15-26(42-31)19-23-20-29(24-11-7-5-8-12-24)40-30(21-23)25-13-9-6-10-14-25/h5-22H,3-4H2,1-2H3. The molecule has 6 rings (SSSR count). The van der Waals surface area contributed by atoms with Crippen molar-refractivity contribution in [3.63, 3.8) is 0 Å². The summed E-state index contributed by atoms with van der Waals surface area (Å²) < 4.78 is 6.33. The van der Waals surface area contributed by atoms with Crippen LogP contribution in [0.5, 0.6) is 0 Å². The molecule has 214 valence electrons. The molecular formula is C35H28N2O3S3. The summed E-state index contributed by atoms with van der Waals surface area (Å²) in [5, 5.41) is 0.269. The highest BCUT2D eigenvalue weighted by atomic mass is 32.1. The maximum absolute atomic E-state index is 13.0. The lowest BCUT2D eigenvalue weighted by atomic mass is 10.0. The zero-order valence-corrected chi connectivity index (χ0v) is 26.1. The Labute approximate surface area is 264 Å². The lowest BCUT2D eigenvalue weighted by Crippen LogP contribution is -2.55. The van der Waals surface area contributed by atoms with Crippen LogP contribution in [0.2, 0.25) is 0 Å². The first-order valence-corrected chi connectivity index (χ1v) is 16.0. The third-order valence-corrected chi connectivity index (χ3v) is 9.77. The first-order chi connectivity index (χ1) is 20.9. The van der Waals surface area contributed by atoms with Crippen molar-refractivity contribution in [3.05, 3.63) is 129 Å². The van der Waals surface area contributed by atoms with Gasteiger partial charge in [-0.3, -0.25) is 19.4 Å². The molecular weight excluding hydrogens is 593 g/mol. The van der Waals surface area contributed by atoms with Gasteiger partial charge in [-0.1, -0.05) is 60.7 Å². The molecule has 1 saturated heterocycles. The number of thiocarbonyl (C=S) groups is 1. The Hall–Kier alpha value is -4.37. The first kappa shape index (κ1) is 28.7. The first-order valence-electron chi connectivity index (χ1n) is 14.0. The zero-order valence-electron chi connectivity index (χ0n) is 23.7. The number of rotatable bonds is 7. The summed E-state index contributed by atoms with van der Waals surface area (Å²) in [6.07, 6.45) is 8.00. The minimum atomic E-state index is -0.343. The maximum Gasteiger partial charge on any atom is 0.265 e. The quantitative estimate of drug-likeness (QED) is 0.118. The highest BCUT2D eigenvalue weighted by Gasteiger charge is 2.37. The molecule has 0 saturated carbocycles. The fourth-order valence-corrected chi connectivity index (χ4v) is 7.34. The summed E-state index contributed by atoms with van der Waals surface area (Å²) in [7, 11) is 0. The number of carbonyl (C=O) groups is 2. The number of benzene rings is 2. The van der Waals surface area contributed by atoms with Gasteiger partial charge in [0, 0.05) is 43.7 Å². The molecule has 0 spiro atoms. The molecule has 2 amide bonds. The van der Waals surface area contributed by atoms with Crippen molar-refractivity contribution in [1.82, 2.24) is 9.80 Å². The van der Waals surface area contributed by atoms with Gasteiger partial charge in [0.25, 0.3) is 11.8 Å². The number of hydrogen-bond donors (Lipinski definition) is 0. The van der Waals surface area contributed by atoms with E-state index in [0.717, 1.165) is 47.7 Å². The summed E-state index contributed by atoms with van der Waals surface area (Å²) in [4.78, 5) is 33.2. The summed E-state index contributed by atoms with van der Waals surface area (Å²) in [6.45, 7) is 4.54. The van der Waals surface area contributed by atoms with Gasteiger partial charge in [-0.25, -0.2) is 0 Å². The summed E-state index contributed by atoms with van der Waals surface area (Å²) >= 11 is 8.62. The van der Waals surface area contributed by atoms with Crippen molar-refractivity contribution >= 4 is 75.5 Å². The minimum Gasteiger partial charge on any atom is -0.456 e. The molecule has 43 heavy (non-hydrogen) atoms. The Morgan fingerprint density at radius 1 is 0.674 bits per heavy atom. The van der Waals surface area contributed by atoms with E-state index in [1.54, 1.807) is 28.7 Å². The van der Waals surface area contributed by atoms with Gasteiger partial charge in [0.15, 0.2) is 5.11 Å². The second-order valence-electron chi connectivity index (χ2n) is 9.84. The van der Waals surface area contributed by atoms with Crippen molar-refractivity contribution in [1.29, 1.82) is 0 Å². The average molecular weight is 621 g/mol. The maximum atomic E-state index is 13.0. The molecule has 4 aromatic rings. The van der Waals surface area contributed by atoms with Gasteiger partial charge in [-0.15, -0.1) is 22.7 Å². The number of amides is 2. The van der Waals surface area contributed by atoms with Gasteiger partial charge in [0.2, 0.25) is 0 Å². The molecule has 2 aliphatic heterocycles. The van der Waals surface area contributed by atoms with Gasteiger partial charge >= 0.3 is 0 Å². The fraction of sp³-hybridized carbons (Fsp3) is 0.114. The number of thiophene rings is 2. The molecule has 0 bridgehead atoms. The Balaban J connectivity index is 1.29. The second kappa shape index (κ2) is 12.5. The highest BCUT2D eigenvalue weighted by Crippen LogP contribution is 2.37. The van der Waals surface area contributed by atoms with Crippen molar-refractivity contribution in [2.75, 3.05) is 13.1 Å². The van der Waals surface area contributed by atoms with Crippen LogP contribution in [0.25, 0.3) is 33.4 Å². The lowest BCUT2D eigenvalue weighted by Gasteiger charge is -2.35. The van der Waals surface area contributed by atoms with Crippen LogP contribution in [0.1, 0.15) is 34.7 Å². The molecule has 5 nitrogen and oxygen atoms in total. The number of ether oxygens (including phenoxy) is 1. The number of carbonyl (C=O) groups excluding carboxylic acids is 2. The average Bonchev–Trinajstić information content (AvgIpc) is 3.70. The molecule has 2 aromatic carbocycles. The van der Waals surface area contributed by atoms with E-state index in [4.69, 9.17) is 17.0 Å². The van der Waals surface area contributed by atoms with Crippen LogP contribution < -0.4 is 0 Å². The number of nitrogens with zero attached hydrogens (tertiary/aromatic N) is 2. The molecule has 1 fully saturated rings. The van der Waals surface area contributed by atoms with Crippen LogP contribution in [0.4, 0.5) is 0 Å². The lowest BCUT2D eigenvalue weighted by molar-refractivity contribution is -0.133. The Morgan fingerprint density at radius 3 is 1.60 bits per heavy atom. The number of allylic oxidation sites excluding steroid dienone is 3. The van der Waals surface area contributed by atoms with Crippen molar-refractivity contribution < 1.29 is 14.3 Å². The SMILES string of the molecule is CCN1C(=O)C(=Cc2ccc(-c3ccc(C=C4C=C(c5ccccc5)OC(c5ccccc5)=C4)s3)s2)C(=O)N(CC)C1=S. The van der Waals surface area contributed by atoms with Gasteiger partial charge in [-0.05, 0) is 80.2 Å². The summed E-state index contributed by atoms with van der Waals surface area (Å²) in [5.41, 5.74) is 3.22. The third-order valence-electron chi connectivity index (χ3n) is 7.07. The predicted molar refractivity (Wildman–Crippen MR) is 181 cm³/mol. The van der Waals surface area contributed by atoms with Gasteiger partial charge in [0.1, 0.15) is 17.1 Å². The van der Waals surface area contributed by atoms with E-state index in [0.29, 0.717) is 13.1 Å². The van der Waals surface area contributed by atoms with Crippen molar-refractivity contribution in [3.8, 4) is 9.75 Å². The van der Waals surface area contributed by atoms with Gasteiger partial charge in [-0.2, -0.15) is 0 Å². The van der Waals surface area contributed by atoms with E-state index < -0.39 is 0 Å². The van der Waals surface area contributed by atoms with Crippen LogP contribution in [0, 0.1) is 0 Å². The second-order valence-corrected chi connectivity index (χ2v) is 12.4. The smallest absolute Gasteiger partial charge is 0.265 e. The topological polar surface area (TPSA) is 49.9 Å². The molecule has 0 aliphatic carbocycles. The summed E-state index contributed by atoms with van der Waals surface area (Å²) in [6, 6.07) is 28.4. The van der Waals surface area contributed by atoms with Gasteiger partial charge < -0.3 is 4.74 Å². The van der Waals surface area contributed by atoms with E-state index in [1.807, 2.05) is 86.6 Å². The molecule has 4 heterocycles. The van der Waals surface area contributed by atoms with Crippen LogP contribution in [0.3, 0.4) is 0 Å². The Morgan fingerprint density at radius 2 is 1.14 bits per heavy atom. The molecule has 0 unspecified atom stereocenters.